The summed E-state index contributed by atoms with van der Waals surface area (Å²) in [5.41, 5.74) is 1.43. The first-order chi connectivity index (χ1) is 15.0. The van der Waals surface area contributed by atoms with E-state index in [-0.39, 0.29) is 37.1 Å². The maximum atomic E-state index is 12.6. The Morgan fingerprint density at radius 2 is 2.00 bits per heavy atom. The lowest BCUT2D eigenvalue weighted by molar-refractivity contribution is -0.121. The van der Waals surface area contributed by atoms with E-state index < -0.39 is 6.61 Å². The number of benzene rings is 2. The zero-order valence-corrected chi connectivity index (χ0v) is 16.9. The smallest absolute Gasteiger partial charge is 0.387 e. The van der Waals surface area contributed by atoms with E-state index in [2.05, 4.69) is 15.0 Å². The van der Waals surface area contributed by atoms with Gasteiger partial charge in [0.15, 0.2) is 11.7 Å². The van der Waals surface area contributed by atoms with E-state index in [0.29, 0.717) is 27.8 Å². The fourth-order valence-corrected chi connectivity index (χ4v) is 3.85. The molecule has 0 fully saturated rings. The molecule has 2 aromatic carbocycles. The molecule has 1 aliphatic rings. The summed E-state index contributed by atoms with van der Waals surface area (Å²) < 4.78 is 35.2. The number of hydrogen-bond acceptors (Lipinski definition) is 6. The van der Waals surface area contributed by atoms with Crippen molar-refractivity contribution in [1.29, 1.82) is 0 Å². The molecule has 1 aromatic heterocycles. The van der Waals surface area contributed by atoms with Crippen molar-refractivity contribution in [3.63, 3.8) is 0 Å². The Hall–Kier alpha value is -3.53. The van der Waals surface area contributed by atoms with Crippen molar-refractivity contribution in [1.82, 2.24) is 4.98 Å². The lowest BCUT2D eigenvalue weighted by Gasteiger charge is -2.29. The predicted molar refractivity (Wildman–Crippen MR) is 112 cm³/mol. The number of para-hydroxylation sites is 3. The van der Waals surface area contributed by atoms with Crippen molar-refractivity contribution in [3.05, 3.63) is 53.9 Å². The number of thiazole rings is 1. The van der Waals surface area contributed by atoms with Crippen LogP contribution in [0.4, 0.5) is 19.6 Å². The summed E-state index contributed by atoms with van der Waals surface area (Å²) in [7, 11) is 0. The maximum Gasteiger partial charge on any atom is 0.387 e. The minimum atomic E-state index is -2.95. The topological polar surface area (TPSA) is 80.8 Å². The van der Waals surface area contributed by atoms with Gasteiger partial charge in [0, 0.05) is 23.9 Å². The van der Waals surface area contributed by atoms with Gasteiger partial charge in [-0.05, 0) is 24.3 Å². The largest absolute Gasteiger partial charge is 0.482 e. The van der Waals surface area contributed by atoms with E-state index >= 15 is 0 Å². The van der Waals surface area contributed by atoms with Gasteiger partial charge in [-0.1, -0.05) is 24.3 Å². The fourth-order valence-electron chi connectivity index (χ4n) is 3.13. The molecule has 10 heteroatoms. The molecule has 2 heterocycles. The van der Waals surface area contributed by atoms with Crippen LogP contribution in [-0.2, 0) is 9.59 Å². The normalized spacial score (nSPS) is 13.0. The van der Waals surface area contributed by atoms with Crippen LogP contribution in [0.1, 0.15) is 6.42 Å². The molecule has 0 radical (unpaired) electrons. The van der Waals surface area contributed by atoms with Crippen LogP contribution in [0.2, 0.25) is 0 Å². The molecule has 0 bridgehead atoms. The molecular formula is C21H17F2N3O4S. The second kappa shape index (κ2) is 9.09. The number of hydrogen-bond donors (Lipinski definition) is 1. The second-order valence-corrected chi connectivity index (χ2v) is 7.37. The molecule has 0 atom stereocenters. The molecule has 4 rings (SSSR count). The summed E-state index contributed by atoms with van der Waals surface area (Å²) in [5, 5.41) is 4.64. The number of carbonyl (C=O) groups excluding carboxylic acids is 2. The number of carbonyl (C=O) groups is 2. The van der Waals surface area contributed by atoms with Crippen molar-refractivity contribution in [3.8, 4) is 22.8 Å². The van der Waals surface area contributed by atoms with Gasteiger partial charge in [0.2, 0.25) is 5.91 Å². The van der Waals surface area contributed by atoms with Gasteiger partial charge < -0.3 is 19.7 Å². The SMILES string of the molecule is O=C(CCN1C(=O)COc2ccccc21)Nc1nc(-c2ccccc2OC(F)F)cs1. The third-order valence-corrected chi connectivity index (χ3v) is 5.26. The third-order valence-electron chi connectivity index (χ3n) is 4.50. The molecule has 1 aliphatic heterocycles. The Morgan fingerprint density at radius 3 is 2.84 bits per heavy atom. The summed E-state index contributed by atoms with van der Waals surface area (Å²) in [5.74, 6) is 0.0513. The molecule has 0 spiro atoms. The zero-order chi connectivity index (χ0) is 21.8. The summed E-state index contributed by atoms with van der Waals surface area (Å²) in [6.07, 6.45) is 0.0556. The van der Waals surface area contributed by atoms with Crippen LogP contribution in [0.5, 0.6) is 11.5 Å². The molecule has 7 nitrogen and oxygen atoms in total. The molecular weight excluding hydrogens is 428 g/mol. The van der Waals surface area contributed by atoms with Gasteiger partial charge in [-0.15, -0.1) is 11.3 Å². The van der Waals surface area contributed by atoms with Crippen molar-refractivity contribution in [2.24, 2.45) is 0 Å². The predicted octanol–water partition coefficient (Wildman–Crippen LogP) is 4.17. The van der Waals surface area contributed by atoms with Gasteiger partial charge in [0.05, 0.1) is 11.4 Å². The first-order valence-electron chi connectivity index (χ1n) is 9.33. The number of amides is 2. The third kappa shape index (κ3) is 4.80. The quantitative estimate of drug-likeness (QED) is 0.591. The van der Waals surface area contributed by atoms with Gasteiger partial charge >= 0.3 is 6.61 Å². The Balaban J connectivity index is 1.40. The number of anilines is 2. The molecule has 0 aliphatic carbocycles. The van der Waals surface area contributed by atoms with Crippen LogP contribution in [0, 0.1) is 0 Å². The lowest BCUT2D eigenvalue weighted by Crippen LogP contribution is -2.40. The highest BCUT2D eigenvalue weighted by Crippen LogP contribution is 2.33. The summed E-state index contributed by atoms with van der Waals surface area (Å²) in [6, 6.07) is 13.4. The average Bonchev–Trinajstić information content (AvgIpc) is 3.21. The number of nitrogens with one attached hydrogen (secondary N) is 1. The van der Waals surface area contributed by atoms with E-state index in [1.165, 1.54) is 11.0 Å². The minimum absolute atomic E-state index is 0.00479. The van der Waals surface area contributed by atoms with Gasteiger partial charge in [0.25, 0.3) is 5.91 Å². The highest BCUT2D eigenvalue weighted by molar-refractivity contribution is 7.14. The maximum absolute atomic E-state index is 12.6. The Bertz CT molecular complexity index is 1110. The Labute approximate surface area is 180 Å². The van der Waals surface area contributed by atoms with Gasteiger partial charge in [-0.2, -0.15) is 8.78 Å². The second-order valence-electron chi connectivity index (χ2n) is 6.51. The molecule has 2 amide bonds. The Morgan fingerprint density at radius 1 is 1.23 bits per heavy atom. The summed E-state index contributed by atoms with van der Waals surface area (Å²) >= 11 is 1.16. The van der Waals surface area contributed by atoms with E-state index in [0.717, 1.165) is 11.3 Å². The fraction of sp³-hybridized carbons (Fsp3) is 0.190. The first kappa shape index (κ1) is 20.7. The summed E-state index contributed by atoms with van der Waals surface area (Å²) in [6.45, 7) is -2.84. The minimum Gasteiger partial charge on any atom is -0.482 e. The molecule has 0 saturated heterocycles. The van der Waals surface area contributed by atoms with Gasteiger partial charge in [0.1, 0.15) is 11.5 Å². The van der Waals surface area contributed by atoms with Gasteiger partial charge in [-0.3, -0.25) is 9.59 Å². The van der Waals surface area contributed by atoms with Crippen LogP contribution in [0.15, 0.2) is 53.9 Å². The molecule has 3 aromatic rings. The van der Waals surface area contributed by atoms with E-state index in [1.807, 2.05) is 6.07 Å². The molecule has 31 heavy (non-hydrogen) atoms. The van der Waals surface area contributed by atoms with E-state index in [1.54, 1.807) is 41.8 Å². The highest BCUT2D eigenvalue weighted by Gasteiger charge is 2.25. The number of halogens is 2. The van der Waals surface area contributed by atoms with Crippen molar-refractivity contribution < 1.29 is 27.8 Å². The molecule has 0 saturated carbocycles. The Kier molecular flexibility index (Phi) is 6.08. The number of aromatic nitrogens is 1. The number of ether oxygens (including phenoxy) is 2. The number of alkyl halides is 2. The van der Waals surface area contributed by atoms with Crippen molar-refractivity contribution >= 4 is 34.0 Å². The summed E-state index contributed by atoms with van der Waals surface area (Å²) in [4.78, 5) is 30.4. The van der Waals surface area contributed by atoms with Gasteiger partial charge in [-0.25, -0.2) is 4.98 Å². The standard InChI is InChI=1S/C21H17F2N3O4S/c22-20(23)30-16-7-3-1-5-13(16)14-12-31-21(24-14)25-18(27)9-10-26-15-6-2-4-8-17(15)29-11-19(26)28/h1-8,12,20H,9-11H2,(H,24,25,27). The van der Waals surface area contributed by atoms with E-state index in [9.17, 15) is 18.4 Å². The highest BCUT2D eigenvalue weighted by atomic mass is 32.1. The first-order valence-corrected chi connectivity index (χ1v) is 10.2. The molecule has 160 valence electrons. The van der Waals surface area contributed by atoms with Crippen LogP contribution in [-0.4, -0.2) is 36.6 Å². The molecule has 0 unspecified atom stereocenters. The number of rotatable bonds is 7. The van der Waals surface area contributed by atoms with Crippen molar-refractivity contribution in [2.75, 3.05) is 23.4 Å². The van der Waals surface area contributed by atoms with Crippen LogP contribution in [0.3, 0.4) is 0 Å². The van der Waals surface area contributed by atoms with Crippen LogP contribution < -0.4 is 19.7 Å². The number of fused-ring (bicyclic) bond motifs is 1. The van der Waals surface area contributed by atoms with Crippen LogP contribution in [0.25, 0.3) is 11.3 Å². The van der Waals surface area contributed by atoms with Crippen molar-refractivity contribution in [2.45, 2.75) is 13.0 Å². The monoisotopic (exact) mass is 445 g/mol. The number of nitrogens with zero attached hydrogens (tertiary/aromatic N) is 2. The van der Waals surface area contributed by atoms with E-state index in [4.69, 9.17) is 4.74 Å². The molecule has 1 N–H and O–H groups in total. The zero-order valence-electron chi connectivity index (χ0n) is 16.1. The van der Waals surface area contributed by atoms with Crippen LogP contribution >= 0.6 is 11.3 Å². The lowest BCUT2D eigenvalue weighted by atomic mass is 10.1. The average molecular weight is 445 g/mol.